The van der Waals surface area contributed by atoms with Crippen LogP contribution in [0.2, 0.25) is 0 Å². The fourth-order valence-corrected chi connectivity index (χ4v) is 4.39. The molecule has 2 amide bonds. The van der Waals surface area contributed by atoms with Crippen molar-refractivity contribution in [2.75, 3.05) is 6.61 Å². The molecule has 0 spiro atoms. The quantitative estimate of drug-likeness (QED) is 0.435. The third-order valence-corrected chi connectivity index (χ3v) is 6.25. The number of carboxylic acids is 1. The van der Waals surface area contributed by atoms with Crippen LogP contribution in [0, 0.1) is 0 Å². The monoisotopic (exact) mass is 472 g/mol. The Labute approximate surface area is 204 Å². The number of aliphatic carboxylic acids is 1. The summed E-state index contributed by atoms with van der Waals surface area (Å²) in [7, 11) is 0. The number of carbonyl (C=O) groups is 3. The van der Waals surface area contributed by atoms with Crippen LogP contribution in [0.3, 0.4) is 0 Å². The number of ether oxygens (including phenoxy) is 1. The number of rotatable bonds is 9. The van der Waals surface area contributed by atoms with E-state index in [1.54, 1.807) is 0 Å². The summed E-state index contributed by atoms with van der Waals surface area (Å²) >= 11 is 0. The van der Waals surface area contributed by atoms with Gasteiger partial charge in [0, 0.05) is 5.92 Å². The normalized spacial score (nSPS) is 13.7. The Morgan fingerprint density at radius 2 is 1.43 bits per heavy atom. The smallest absolute Gasteiger partial charge is 0.407 e. The van der Waals surface area contributed by atoms with Gasteiger partial charge in [0.05, 0.1) is 0 Å². The number of carboxylic acid groups (broad SMARTS) is 1. The van der Waals surface area contributed by atoms with Gasteiger partial charge >= 0.3 is 12.1 Å². The van der Waals surface area contributed by atoms with E-state index >= 15 is 0 Å². The second-order valence-corrected chi connectivity index (χ2v) is 8.62. The van der Waals surface area contributed by atoms with Crippen LogP contribution in [-0.2, 0) is 20.7 Å². The second kappa shape index (κ2) is 10.9. The number of carbonyl (C=O) groups excluding carboxylic acids is 2. The van der Waals surface area contributed by atoms with Crippen molar-refractivity contribution >= 4 is 18.0 Å². The summed E-state index contributed by atoms with van der Waals surface area (Å²) in [4.78, 5) is 36.6. The molecular weight excluding hydrogens is 444 g/mol. The van der Waals surface area contributed by atoms with Gasteiger partial charge in [0.15, 0.2) is 0 Å². The summed E-state index contributed by atoms with van der Waals surface area (Å²) in [6.07, 6.45) is 0.0142. The molecule has 0 saturated heterocycles. The van der Waals surface area contributed by atoms with E-state index in [0.29, 0.717) is 6.42 Å². The van der Waals surface area contributed by atoms with Crippen molar-refractivity contribution in [3.63, 3.8) is 0 Å². The number of amides is 2. The highest BCUT2D eigenvalue weighted by molar-refractivity contribution is 5.89. The van der Waals surface area contributed by atoms with Gasteiger partial charge in [0.1, 0.15) is 18.7 Å². The Bertz CT molecular complexity index is 1170. The maximum atomic E-state index is 12.5. The van der Waals surface area contributed by atoms with Gasteiger partial charge in [-0.1, -0.05) is 78.9 Å². The van der Waals surface area contributed by atoms with Gasteiger partial charge < -0.3 is 20.5 Å². The minimum Gasteiger partial charge on any atom is -0.480 e. The summed E-state index contributed by atoms with van der Waals surface area (Å²) in [5, 5.41) is 14.5. The number of fused-ring (bicyclic) bond motifs is 3. The molecule has 1 aliphatic rings. The molecule has 3 aromatic rings. The van der Waals surface area contributed by atoms with Gasteiger partial charge in [-0.2, -0.15) is 0 Å². The second-order valence-electron chi connectivity index (χ2n) is 8.62. The van der Waals surface area contributed by atoms with E-state index in [0.717, 1.165) is 27.8 Å². The van der Waals surface area contributed by atoms with Crippen LogP contribution in [0.1, 0.15) is 36.0 Å². The standard InChI is InChI=1S/C28H28N2O5/c1-18(26(31)30-25(27(32)33)16-15-19-9-3-2-4-10-19)29-28(34)35-17-24-22-13-7-5-11-20(22)21-12-6-8-14-23(21)24/h2-14,18,24-25H,15-17H2,1H3,(H,29,34)(H,30,31)(H,32,33)/t18-,25+/m1/s1. The molecule has 3 N–H and O–H groups in total. The van der Waals surface area contributed by atoms with Gasteiger partial charge in [0.25, 0.3) is 0 Å². The zero-order valence-corrected chi connectivity index (χ0v) is 19.4. The lowest BCUT2D eigenvalue weighted by Gasteiger charge is -2.19. The van der Waals surface area contributed by atoms with E-state index in [2.05, 4.69) is 22.8 Å². The Morgan fingerprint density at radius 3 is 2.03 bits per heavy atom. The van der Waals surface area contributed by atoms with Crippen LogP contribution in [0.5, 0.6) is 0 Å². The van der Waals surface area contributed by atoms with Crippen LogP contribution in [0.25, 0.3) is 11.1 Å². The van der Waals surface area contributed by atoms with Crippen molar-refractivity contribution in [1.82, 2.24) is 10.6 Å². The Balaban J connectivity index is 1.30. The molecular formula is C28H28N2O5. The number of benzene rings is 3. The molecule has 0 aromatic heterocycles. The summed E-state index contributed by atoms with van der Waals surface area (Å²) in [5.41, 5.74) is 5.42. The maximum absolute atomic E-state index is 12.5. The molecule has 0 fully saturated rings. The summed E-state index contributed by atoms with van der Waals surface area (Å²) in [6, 6.07) is 23.5. The molecule has 180 valence electrons. The van der Waals surface area contributed by atoms with Crippen LogP contribution >= 0.6 is 0 Å². The molecule has 2 atom stereocenters. The molecule has 0 aliphatic heterocycles. The predicted molar refractivity (Wildman–Crippen MR) is 132 cm³/mol. The lowest BCUT2D eigenvalue weighted by atomic mass is 9.98. The third kappa shape index (κ3) is 5.69. The lowest BCUT2D eigenvalue weighted by molar-refractivity contribution is -0.142. The largest absolute Gasteiger partial charge is 0.480 e. The van der Waals surface area contributed by atoms with Crippen LogP contribution in [0.15, 0.2) is 78.9 Å². The van der Waals surface area contributed by atoms with E-state index in [1.165, 1.54) is 6.92 Å². The zero-order chi connectivity index (χ0) is 24.8. The summed E-state index contributed by atoms with van der Waals surface area (Å²) in [6.45, 7) is 1.62. The van der Waals surface area contributed by atoms with Gasteiger partial charge in [-0.25, -0.2) is 9.59 Å². The highest BCUT2D eigenvalue weighted by Crippen LogP contribution is 2.44. The van der Waals surface area contributed by atoms with Crippen LogP contribution in [0.4, 0.5) is 4.79 Å². The Kier molecular flexibility index (Phi) is 7.45. The number of hydrogen-bond acceptors (Lipinski definition) is 4. The van der Waals surface area contributed by atoms with E-state index < -0.39 is 30.1 Å². The Morgan fingerprint density at radius 1 is 0.857 bits per heavy atom. The lowest BCUT2D eigenvalue weighted by Crippen LogP contribution is -2.50. The highest BCUT2D eigenvalue weighted by atomic mass is 16.5. The Hall–Kier alpha value is -4.13. The third-order valence-electron chi connectivity index (χ3n) is 6.25. The van der Waals surface area contributed by atoms with Gasteiger partial charge in [-0.15, -0.1) is 0 Å². The molecule has 0 heterocycles. The average Bonchev–Trinajstić information content (AvgIpc) is 3.19. The summed E-state index contributed by atoms with van der Waals surface area (Å²) < 4.78 is 5.47. The number of aryl methyl sites for hydroxylation is 1. The van der Waals surface area contributed by atoms with Gasteiger partial charge in [0.2, 0.25) is 5.91 Å². The molecule has 0 unspecified atom stereocenters. The number of hydrogen-bond donors (Lipinski definition) is 3. The van der Waals surface area contributed by atoms with E-state index in [9.17, 15) is 19.5 Å². The zero-order valence-electron chi connectivity index (χ0n) is 19.4. The molecule has 7 nitrogen and oxygen atoms in total. The molecule has 0 saturated carbocycles. The minimum absolute atomic E-state index is 0.0911. The first-order valence-electron chi connectivity index (χ1n) is 11.6. The van der Waals surface area contributed by atoms with Crippen molar-refractivity contribution in [3.05, 3.63) is 95.6 Å². The van der Waals surface area contributed by atoms with Gasteiger partial charge in [-0.3, -0.25) is 4.79 Å². The molecule has 4 rings (SSSR count). The average molecular weight is 473 g/mol. The van der Waals surface area contributed by atoms with Crippen molar-refractivity contribution in [1.29, 1.82) is 0 Å². The molecule has 0 radical (unpaired) electrons. The highest BCUT2D eigenvalue weighted by Gasteiger charge is 2.29. The fourth-order valence-electron chi connectivity index (χ4n) is 4.39. The first kappa shape index (κ1) is 24.0. The predicted octanol–water partition coefficient (Wildman–Crippen LogP) is 4.12. The fraction of sp³-hybridized carbons (Fsp3) is 0.250. The summed E-state index contributed by atoms with van der Waals surface area (Å²) in [5.74, 6) is -1.80. The van der Waals surface area contributed by atoms with Crippen molar-refractivity contribution in [2.45, 2.75) is 37.8 Å². The first-order valence-corrected chi connectivity index (χ1v) is 11.6. The van der Waals surface area contributed by atoms with Gasteiger partial charge in [-0.05, 0) is 47.6 Å². The molecule has 7 heteroatoms. The molecule has 1 aliphatic carbocycles. The van der Waals surface area contributed by atoms with Crippen molar-refractivity contribution < 1.29 is 24.2 Å². The number of nitrogens with one attached hydrogen (secondary N) is 2. The first-order chi connectivity index (χ1) is 16.9. The van der Waals surface area contributed by atoms with Crippen molar-refractivity contribution in [2.24, 2.45) is 0 Å². The molecule has 0 bridgehead atoms. The number of alkyl carbamates (subject to hydrolysis) is 1. The van der Waals surface area contributed by atoms with E-state index in [1.807, 2.05) is 66.7 Å². The van der Waals surface area contributed by atoms with E-state index in [-0.39, 0.29) is 18.9 Å². The topological polar surface area (TPSA) is 105 Å². The maximum Gasteiger partial charge on any atom is 0.407 e. The van der Waals surface area contributed by atoms with E-state index in [4.69, 9.17) is 4.74 Å². The minimum atomic E-state index is -1.12. The SMILES string of the molecule is C[C@@H](NC(=O)OCC1c2ccccc2-c2ccccc21)C(=O)N[C@@H](CCc1ccccc1)C(=O)O. The molecule has 3 aromatic carbocycles. The molecule has 35 heavy (non-hydrogen) atoms. The van der Waals surface area contributed by atoms with Crippen molar-refractivity contribution in [3.8, 4) is 11.1 Å². The van der Waals surface area contributed by atoms with Crippen LogP contribution < -0.4 is 10.6 Å². The van der Waals surface area contributed by atoms with Crippen LogP contribution in [-0.4, -0.2) is 41.8 Å².